The first kappa shape index (κ1) is 23.5. The molecule has 1 amide bonds. The van der Waals surface area contributed by atoms with Gasteiger partial charge in [-0.3, -0.25) is 9.10 Å². The number of ether oxygens (including phenoxy) is 1. The standard InChI is InChI=1S/C22H19ClF2N2O4S/c1-32(29,30)27(13-15-5-2-3-6-18(15)23)16-9-11-17(12-10-16)31-14-21(28)26-22-19(24)7-4-8-20(22)25/h2-12H,13-14H2,1H3,(H,26,28). The van der Waals surface area contributed by atoms with Gasteiger partial charge in [0.25, 0.3) is 5.91 Å². The molecule has 0 saturated carbocycles. The van der Waals surface area contributed by atoms with E-state index in [1.807, 2.05) is 0 Å². The van der Waals surface area contributed by atoms with Crippen LogP contribution in [0.5, 0.6) is 5.75 Å². The van der Waals surface area contributed by atoms with Crippen LogP contribution in [0, 0.1) is 11.6 Å². The van der Waals surface area contributed by atoms with Crippen LogP contribution < -0.4 is 14.4 Å². The molecular weight excluding hydrogens is 462 g/mol. The van der Waals surface area contributed by atoms with Crippen molar-refractivity contribution in [3.63, 3.8) is 0 Å². The van der Waals surface area contributed by atoms with Crippen LogP contribution in [-0.2, 0) is 21.4 Å². The van der Waals surface area contributed by atoms with E-state index in [1.165, 1.54) is 34.6 Å². The molecule has 3 rings (SSSR count). The van der Waals surface area contributed by atoms with Gasteiger partial charge in [-0.15, -0.1) is 0 Å². The van der Waals surface area contributed by atoms with E-state index in [4.69, 9.17) is 16.3 Å². The maximum Gasteiger partial charge on any atom is 0.262 e. The average molecular weight is 481 g/mol. The lowest BCUT2D eigenvalue weighted by molar-refractivity contribution is -0.118. The van der Waals surface area contributed by atoms with E-state index in [0.717, 1.165) is 18.4 Å². The molecule has 0 radical (unpaired) electrons. The molecule has 0 aliphatic rings. The van der Waals surface area contributed by atoms with Crippen molar-refractivity contribution >= 4 is 38.9 Å². The highest BCUT2D eigenvalue weighted by Gasteiger charge is 2.19. The number of carbonyl (C=O) groups is 1. The topological polar surface area (TPSA) is 75.7 Å². The number of para-hydroxylation sites is 1. The summed E-state index contributed by atoms with van der Waals surface area (Å²) in [6.07, 6.45) is 1.08. The van der Waals surface area contributed by atoms with Gasteiger partial charge in [-0.2, -0.15) is 0 Å². The smallest absolute Gasteiger partial charge is 0.262 e. The van der Waals surface area contributed by atoms with Crippen LogP contribution in [-0.4, -0.2) is 27.2 Å². The lowest BCUT2D eigenvalue weighted by Gasteiger charge is -2.23. The lowest BCUT2D eigenvalue weighted by atomic mass is 10.2. The number of sulfonamides is 1. The zero-order valence-corrected chi connectivity index (χ0v) is 18.5. The molecule has 0 unspecified atom stereocenters. The van der Waals surface area contributed by atoms with Gasteiger partial charge in [-0.25, -0.2) is 17.2 Å². The largest absolute Gasteiger partial charge is 0.484 e. The summed E-state index contributed by atoms with van der Waals surface area (Å²) in [5.74, 6) is -2.29. The Morgan fingerprint density at radius 2 is 1.62 bits per heavy atom. The van der Waals surface area contributed by atoms with Gasteiger partial charge in [-0.1, -0.05) is 35.9 Å². The minimum Gasteiger partial charge on any atom is -0.484 e. The third-order valence-electron chi connectivity index (χ3n) is 4.39. The van der Waals surface area contributed by atoms with Gasteiger partial charge in [0.05, 0.1) is 18.5 Å². The Morgan fingerprint density at radius 1 is 1.00 bits per heavy atom. The molecule has 6 nitrogen and oxygen atoms in total. The van der Waals surface area contributed by atoms with E-state index in [9.17, 15) is 22.0 Å². The van der Waals surface area contributed by atoms with Gasteiger partial charge >= 0.3 is 0 Å². The molecule has 3 aromatic rings. The molecule has 0 saturated heterocycles. The Morgan fingerprint density at radius 3 is 2.22 bits per heavy atom. The van der Waals surface area contributed by atoms with Gasteiger partial charge in [0.2, 0.25) is 10.0 Å². The molecule has 0 fully saturated rings. The summed E-state index contributed by atoms with van der Waals surface area (Å²) in [7, 11) is -3.62. The van der Waals surface area contributed by atoms with Gasteiger partial charge in [0.1, 0.15) is 23.1 Å². The van der Waals surface area contributed by atoms with E-state index >= 15 is 0 Å². The summed E-state index contributed by atoms with van der Waals surface area (Å²) in [6.45, 7) is -0.460. The molecule has 32 heavy (non-hydrogen) atoms. The summed E-state index contributed by atoms with van der Waals surface area (Å²) < 4.78 is 58.4. The SMILES string of the molecule is CS(=O)(=O)N(Cc1ccccc1Cl)c1ccc(OCC(=O)Nc2c(F)cccc2F)cc1. The maximum atomic E-state index is 13.6. The quantitative estimate of drug-likeness (QED) is 0.511. The number of anilines is 2. The van der Waals surface area contributed by atoms with Gasteiger partial charge in [0.15, 0.2) is 6.61 Å². The second-order valence-electron chi connectivity index (χ2n) is 6.79. The highest BCUT2D eigenvalue weighted by Crippen LogP contribution is 2.26. The van der Waals surface area contributed by atoms with Crippen molar-refractivity contribution in [1.29, 1.82) is 0 Å². The summed E-state index contributed by atoms with van der Waals surface area (Å²) in [6, 6.07) is 16.1. The second kappa shape index (κ2) is 9.97. The van der Waals surface area contributed by atoms with Crippen LogP contribution in [0.4, 0.5) is 20.2 Å². The Kier molecular flexibility index (Phi) is 7.32. The number of nitrogens with zero attached hydrogens (tertiary/aromatic N) is 1. The summed E-state index contributed by atoms with van der Waals surface area (Å²) in [4.78, 5) is 12.0. The number of halogens is 3. The van der Waals surface area contributed by atoms with Crippen LogP contribution in [0.15, 0.2) is 66.7 Å². The minimum absolute atomic E-state index is 0.0370. The zero-order valence-electron chi connectivity index (χ0n) is 16.9. The fraction of sp³-hybridized carbons (Fsp3) is 0.136. The number of nitrogens with one attached hydrogen (secondary N) is 1. The predicted molar refractivity (Wildman–Crippen MR) is 119 cm³/mol. The van der Waals surface area contributed by atoms with Gasteiger partial charge in [-0.05, 0) is 48.0 Å². The minimum atomic E-state index is -3.62. The van der Waals surface area contributed by atoms with E-state index in [1.54, 1.807) is 24.3 Å². The second-order valence-corrected chi connectivity index (χ2v) is 9.10. The molecule has 0 bridgehead atoms. The molecule has 1 N–H and O–H groups in total. The Bertz CT molecular complexity index is 1200. The van der Waals surface area contributed by atoms with Crippen molar-refractivity contribution in [1.82, 2.24) is 0 Å². The van der Waals surface area contributed by atoms with Crippen molar-refractivity contribution in [2.75, 3.05) is 22.5 Å². The average Bonchev–Trinajstić information content (AvgIpc) is 2.74. The Hall–Kier alpha value is -3.17. The Balaban J connectivity index is 1.67. The number of carbonyl (C=O) groups excluding carboxylic acids is 1. The molecule has 0 heterocycles. The number of rotatable bonds is 8. The van der Waals surface area contributed by atoms with Crippen LogP contribution in [0.3, 0.4) is 0 Å². The normalized spacial score (nSPS) is 11.1. The van der Waals surface area contributed by atoms with Crippen molar-refractivity contribution in [3.8, 4) is 5.75 Å². The molecule has 3 aromatic carbocycles. The van der Waals surface area contributed by atoms with Crippen LogP contribution in [0.1, 0.15) is 5.56 Å². The fourth-order valence-corrected chi connectivity index (χ4v) is 3.91. The molecular formula is C22H19ClF2N2O4S. The number of benzene rings is 3. The maximum absolute atomic E-state index is 13.6. The van der Waals surface area contributed by atoms with Crippen LogP contribution >= 0.6 is 11.6 Å². The molecule has 10 heteroatoms. The van der Waals surface area contributed by atoms with E-state index in [2.05, 4.69) is 5.32 Å². The van der Waals surface area contributed by atoms with Crippen LogP contribution in [0.25, 0.3) is 0 Å². The zero-order chi connectivity index (χ0) is 23.3. The first-order valence-electron chi connectivity index (χ1n) is 9.33. The summed E-state index contributed by atoms with van der Waals surface area (Å²) in [5.41, 5.74) is 0.453. The van der Waals surface area contributed by atoms with Crippen LogP contribution in [0.2, 0.25) is 5.02 Å². The van der Waals surface area contributed by atoms with E-state index < -0.39 is 39.9 Å². The van der Waals surface area contributed by atoms with Gasteiger partial charge in [0, 0.05) is 5.02 Å². The van der Waals surface area contributed by atoms with E-state index in [0.29, 0.717) is 16.3 Å². The number of hydrogen-bond donors (Lipinski definition) is 1. The highest BCUT2D eigenvalue weighted by atomic mass is 35.5. The summed E-state index contributed by atoms with van der Waals surface area (Å²) in [5, 5.41) is 2.56. The van der Waals surface area contributed by atoms with Crippen molar-refractivity contribution in [2.24, 2.45) is 0 Å². The Labute approximate surface area is 189 Å². The summed E-state index contributed by atoms with van der Waals surface area (Å²) >= 11 is 6.15. The van der Waals surface area contributed by atoms with Gasteiger partial charge < -0.3 is 10.1 Å². The molecule has 0 spiro atoms. The third-order valence-corrected chi connectivity index (χ3v) is 5.90. The molecule has 0 aliphatic carbocycles. The monoisotopic (exact) mass is 480 g/mol. The molecule has 168 valence electrons. The van der Waals surface area contributed by atoms with Crippen molar-refractivity contribution < 1.29 is 26.7 Å². The first-order chi connectivity index (χ1) is 15.1. The van der Waals surface area contributed by atoms with Crippen molar-refractivity contribution in [2.45, 2.75) is 6.54 Å². The lowest BCUT2D eigenvalue weighted by Crippen LogP contribution is -2.29. The highest BCUT2D eigenvalue weighted by molar-refractivity contribution is 7.92. The molecule has 0 aliphatic heterocycles. The number of amides is 1. The molecule has 0 atom stereocenters. The van der Waals surface area contributed by atoms with Crippen molar-refractivity contribution in [3.05, 3.63) is 89.0 Å². The number of hydrogen-bond acceptors (Lipinski definition) is 4. The van der Waals surface area contributed by atoms with E-state index in [-0.39, 0.29) is 12.3 Å². The third kappa shape index (κ3) is 5.95. The fourth-order valence-electron chi connectivity index (χ4n) is 2.83. The molecule has 0 aromatic heterocycles. The predicted octanol–water partition coefficient (Wildman–Crippen LogP) is 4.60. The first-order valence-corrected chi connectivity index (χ1v) is 11.6.